The second-order valence-electron chi connectivity index (χ2n) is 3.98. The maximum Gasteiger partial charge on any atom is 0.137 e. The highest BCUT2D eigenvalue weighted by Crippen LogP contribution is 2.32. The molecule has 0 amide bonds. The SMILES string of the molecule is COc1ccc2oc(-c3ccncc3N)cc2c1. The van der Waals surface area contributed by atoms with Crippen LogP contribution >= 0.6 is 0 Å². The van der Waals surface area contributed by atoms with Crippen LogP contribution in [0, 0.1) is 0 Å². The molecule has 0 bridgehead atoms. The van der Waals surface area contributed by atoms with E-state index in [9.17, 15) is 0 Å². The third kappa shape index (κ3) is 1.68. The van der Waals surface area contributed by atoms with Crippen molar-refractivity contribution in [2.75, 3.05) is 12.8 Å². The summed E-state index contributed by atoms with van der Waals surface area (Å²) in [5.41, 5.74) is 8.14. The molecular weight excluding hydrogens is 228 g/mol. The van der Waals surface area contributed by atoms with Gasteiger partial charge in [0.05, 0.1) is 19.0 Å². The molecule has 2 heterocycles. The molecule has 1 aromatic carbocycles. The molecule has 0 atom stereocenters. The summed E-state index contributed by atoms with van der Waals surface area (Å²) < 4.78 is 11.0. The molecule has 4 heteroatoms. The average molecular weight is 240 g/mol. The number of rotatable bonds is 2. The van der Waals surface area contributed by atoms with E-state index >= 15 is 0 Å². The number of anilines is 1. The van der Waals surface area contributed by atoms with Crippen LogP contribution in [0.1, 0.15) is 0 Å². The number of nitrogens with zero attached hydrogens (tertiary/aromatic N) is 1. The fraction of sp³-hybridized carbons (Fsp3) is 0.0714. The number of aromatic nitrogens is 1. The Morgan fingerprint density at radius 3 is 2.89 bits per heavy atom. The van der Waals surface area contributed by atoms with Crippen LogP contribution in [-0.2, 0) is 0 Å². The highest BCUT2D eigenvalue weighted by molar-refractivity contribution is 5.86. The van der Waals surface area contributed by atoms with Gasteiger partial charge < -0.3 is 14.9 Å². The fourth-order valence-corrected chi connectivity index (χ4v) is 1.91. The number of hydrogen-bond acceptors (Lipinski definition) is 4. The number of furan rings is 1. The monoisotopic (exact) mass is 240 g/mol. The largest absolute Gasteiger partial charge is 0.497 e. The average Bonchev–Trinajstić information content (AvgIpc) is 2.81. The van der Waals surface area contributed by atoms with Crippen molar-refractivity contribution in [1.29, 1.82) is 0 Å². The van der Waals surface area contributed by atoms with E-state index in [4.69, 9.17) is 14.9 Å². The number of fused-ring (bicyclic) bond motifs is 1. The third-order valence-electron chi connectivity index (χ3n) is 2.84. The Bertz CT molecular complexity index is 704. The zero-order valence-electron chi connectivity index (χ0n) is 9.88. The Kier molecular flexibility index (Phi) is 2.41. The minimum absolute atomic E-state index is 0.600. The molecule has 4 nitrogen and oxygen atoms in total. The number of pyridine rings is 1. The molecule has 3 rings (SSSR count). The van der Waals surface area contributed by atoms with Crippen LogP contribution in [0.5, 0.6) is 5.75 Å². The lowest BCUT2D eigenvalue weighted by atomic mass is 10.1. The molecule has 2 aromatic heterocycles. The van der Waals surface area contributed by atoms with Crippen LogP contribution < -0.4 is 10.5 Å². The molecule has 0 aliphatic rings. The van der Waals surface area contributed by atoms with Gasteiger partial charge in [-0.3, -0.25) is 4.98 Å². The van der Waals surface area contributed by atoms with Crippen molar-refractivity contribution in [3.05, 3.63) is 42.7 Å². The summed E-state index contributed by atoms with van der Waals surface area (Å²) in [5, 5.41) is 0.987. The summed E-state index contributed by atoms with van der Waals surface area (Å²) in [6.45, 7) is 0. The van der Waals surface area contributed by atoms with Crippen molar-refractivity contribution >= 4 is 16.7 Å². The van der Waals surface area contributed by atoms with E-state index in [1.165, 1.54) is 0 Å². The molecular formula is C14H12N2O2. The first-order chi connectivity index (χ1) is 8.78. The van der Waals surface area contributed by atoms with Crippen molar-refractivity contribution in [3.63, 3.8) is 0 Å². The maximum absolute atomic E-state index is 5.88. The normalized spacial score (nSPS) is 10.7. The second kappa shape index (κ2) is 4.07. The zero-order chi connectivity index (χ0) is 12.5. The highest BCUT2D eigenvalue weighted by Gasteiger charge is 2.09. The fourth-order valence-electron chi connectivity index (χ4n) is 1.91. The van der Waals surface area contributed by atoms with Gasteiger partial charge >= 0.3 is 0 Å². The molecule has 18 heavy (non-hydrogen) atoms. The highest BCUT2D eigenvalue weighted by atomic mass is 16.5. The zero-order valence-corrected chi connectivity index (χ0v) is 9.88. The first kappa shape index (κ1) is 10.7. The first-order valence-electron chi connectivity index (χ1n) is 5.55. The molecule has 90 valence electrons. The van der Waals surface area contributed by atoms with Crippen molar-refractivity contribution < 1.29 is 9.15 Å². The van der Waals surface area contributed by atoms with Gasteiger partial charge in [0.1, 0.15) is 17.1 Å². The molecule has 3 aromatic rings. The van der Waals surface area contributed by atoms with Gasteiger partial charge in [-0.15, -0.1) is 0 Å². The molecule has 0 unspecified atom stereocenters. The predicted octanol–water partition coefficient (Wildman–Crippen LogP) is 3.09. The predicted molar refractivity (Wildman–Crippen MR) is 70.4 cm³/mol. The third-order valence-corrected chi connectivity index (χ3v) is 2.84. The second-order valence-corrected chi connectivity index (χ2v) is 3.98. The van der Waals surface area contributed by atoms with Crippen LogP contribution in [0.4, 0.5) is 5.69 Å². The number of benzene rings is 1. The van der Waals surface area contributed by atoms with Gasteiger partial charge in [-0.2, -0.15) is 0 Å². The summed E-state index contributed by atoms with van der Waals surface area (Å²) in [5.74, 6) is 1.54. The molecule has 0 saturated heterocycles. The van der Waals surface area contributed by atoms with Gasteiger partial charge in [0.2, 0.25) is 0 Å². The lowest BCUT2D eigenvalue weighted by molar-refractivity contribution is 0.415. The molecule has 0 radical (unpaired) electrons. The van der Waals surface area contributed by atoms with Gasteiger partial charge in [0.25, 0.3) is 0 Å². The summed E-state index contributed by atoms with van der Waals surface area (Å²) in [6.07, 6.45) is 3.31. The number of hydrogen-bond donors (Lipinski definition) is 1. The number of nitrogens with two attached hydrogens (primary N) is 1. The minimum Gasteiger partial charge on any atom is -0.497 e. The van der Waals surface area contributed by atoms with E-state index in [-0.39, 0.29) is 0 Å². The topological polar surface area (TPSA) is 61.3 Å². The Labute approximate surface area is 104 Å². The van der Waals surface area contributed by atoms with Gasteiger partial charge in [0, 0.05) is 17.1 Å². The minimum atomic E-state index is 0.600. The van der Waals surface area contributed by atoms with Crippen LogP contribution in [0.15, 0.2) is 47.1 Å². The van der Waals surface area contributed by atoms with Crippen LogP contribution in [0.25, 0.3) is 22.3 Å². The van der Waals surface area contributed by atoms with E-state index in [2.05, 4.69) is 4.98 Å². The summed E-state index contributed by atoms with van der Waals surface area (Å²) in [4.78, 5) is 3.97. The van der Waals surface area contributed by atoms with Crippen molar-refractivity contribution in [1.82, 2.24) is 4.98 Å². The first-order valence-corrected chi connectivity index (χ1v) is 5.55. The standard InChI is InChI=1S/C14H12N2O2/c1-17-10-2-3-13-9(6-10)7-14(18-13)11-4-5-16-8-12(11)15/h2-8H,15H2,1H3. The van der Waals surface area contributed by atoms with Crippen molar-refractivity contribution in [2.45, 2.75) is 0 Å². The van der Waals surface area contributed by atoms with Crippen LogP contribution in [0.3, 0.4) is 0 Å². The smallest absolute Gasteiger partial charge is 0.137 e. The Balaban J connectivity index is 2.17. The Hall–Kier alpha value is -2.49. The van der Waals surface area contributed by atoms with Gasteiger partial charge in [-0.25, -0.2) is 0 Å². The molecule has 0 spiro atoms. The van der Waals surface area contributed by atoms with E-state index in [0.717, 1.165) is 28.0 Å². The van der Waals surface area contributed by atoms with Crippen molar-refractivity contribution in [2.24, 2.45) is 0 Å². The van der Waals surface area contributed by atoms with Crippen LogP contribution in [-0.4, -0.2) is 12.1 Å². The van der Waals surface area contributed by atoms with E-state index in [1.54, 1.807) is 19.5 Å². The number of ether oxygens (including phenoxy) is 1. The maximum atomic E-state index is 5.88. The number of nitrogen functional groups attached to an aromatic ring is 1. The van der Waals surface area contributed by atoms with Gasteiger partial charge in [-0.05, 0) is 30.3 Å². The number of methoxy groups -OCH3 is 1. The van der Waals surface area contributed by atoms with E-state index in [1.807, 2.05) is 30.3 Å². The summed E-state index contributed by atoms with van der Waals surface area (Å²) >= 11 is 0. The Morgan fingerprint density at radius 2 is 2.11 bits per heavy atom. The van der Waals surface area contributed by atoms with E-state index in [0.29, 0.717) is 5.69 Å². The summed E-state index contributed by atoms with van der Waals surface area (Å²) in [6, 6.07) is 9.47. The molecule has 0 saturated carbocycles. The van der Waals surface area contributed by atoms with Crippen molar-refractivity contribution in [3.8, 4) is 17.1 Å². The molecule has 0 aliphatic carbocycles. The molecule has 2 N–H and O–H groups in total. The van der Waals surface area contributed by atoms with E-state index < -0.39 is 0 Å². The Morgan fingerprint density at radius 1 is 1.22 bits per heavy atom. The van der Waals surface area contributed by atoms with Gasteiger partial charge in [-0.1, -0.05) is 0 Å². The van der Waals surface area contributed by atoms with Crippen LogP contribution in [0.2, 0.25) is 0 Å². The molecule has 0 fully saturated rings. The lowest BCUT2D eigenvalue weighted by Gasteiger charge is -1.99. The quantitative estimate of drug-likeness (QED) is 0.747. The lowest BCUT2D eigenvalue weighted by Crippen LogP contribution is -1.89. The molecule has 0 aliphatic heterocycles. The van der Waals surface area contributed by atoms with Gasteiger partial charge in [0.15, 0.2) is 0 Å². The summed E-state index contributed by atoms with van der Waals surface area (Å²) in [7, 11) is 1.64.